The van der Waals surface area contributed by atoms with Crippen molar-refractivity contribution in [1.82, 2.24) is 5.32 Å². The third kappa shape index (κ3) is 4.43. The maximum Gasteiger partial charge on any atom is 0.0603 e. The van der Waals surface area contributed by atoms with Crippen LogP contribution < -0.4 is 5.32 Å². The molecule has 0 heterocycles. The maximum absolute atomic E-state index is 10.0. The molecule has 0 radical (unpaired) electrons. The number of hydrogen-bond acceptors (Lipinski definition) is 2. The van der Waals surface area contributed by atoms with Crippen LogP contribution in [0.4, 0.5) is 0 Å². The van der Waals surface area contributed by atoms with Crippen molar-refractivity contribution in [1.29, 1.82) is 0 Å². The first kappa shape index (κ1) is 13.9. The smallest absolute Gasteiger partial charge is 0.0603 e. The quantitative estimate of drug-likeness (QED) is 0.735. The summed E-state index contributed by atoms with van der Waals surface area (Å²) in [7, 11) is 1.96. The fraction of sp³-hybridized carbons (Fsp3) is 1.00. The van der Waals surface area contributed by atoms with Crippen molar-refractivity contribution in [3.63, 3.8) is 0 Å². The van der Waals surface area contributed by atoms with E-state index in [0.29, 0.717) is 6.04 Å². The van der Waals surface area contributed by atoms with Gasteiger partial charge in [0.25, 0.3) is 0 Å². The van der Waals surface area contributed by atoms with Gasteiger partial charge in [-0.2, -0.15) is 0 Å². The van der Waals surface area contributed by atoms with Gasteiger partial charge in [-0.1, -0.05) is 41.5 Å². The van der Waals surface area contributed by atoms with Crippen LogP contribution in [0.15, 0.2) is 0 Å². The highest BCUT2D eigenvalue weighted by atomic mass is 16.3. The first-order chi connectivity index (χ1) is 6.09. The molecule has 0 amide bonds. The molecule has 0 aliphatic heterocycles. The average Bonchev–Trinajstić information content (AvgIpc) is 1.95. The van der Waals surface area contributed by atoms with Crippen LogP contribution in [-0.4, -0.2) is 24.3 Å². The van der Waals surface area contributed by atoms with E-state index in [9.17, 15) is 5.11 Å². The lowest BCUT2D eigenvalue weighted by Gasteiger charge is -2.35. The number of hydrogen-bond donors (Lipinski definition) is 2. The summed E-state index contributed by atoms with van der Waals surface area (Å²) in [6, 6.07) is 0.358. The van der Waals surface area contributed by atoms with Crippen LogP contribution in [0.5, 0.6) is 0 Å². The van der Waals surface area contributed by atoms with Gasteiger partial charge in [0.1, 0.15) is 0 Å². The van der Waals surface area contributed by atoms with Gasteiger partial charge >= 0.3 is 0 Å². The average molecular weight is 201 g/mol. The van der Waals surface area contributed by atoms with E-state index in [1.54, 1.807) is 0 Å². The van der Waals surface area contributed by atoms with E-state index in [0.717, 1.165) is 6.42 Å². The van der Waals surface area contributed by atoms with E-state index in [1.165, 1.54) is 0 Å². The van der Waals surface area contributed by atoms with Gasteiger partial charge in [-0.25, -0.2) is 0 Å². The highest BCUT2D eigenvalue weighted by molar-refractivity contribution is 4.85. The normalized spacial score (nSPS) is 18.0. The molecule has 2 atom stereocenters. The molecule has 0 saturated carbocycles. The van der Waals surface area contributed by atoms with Crippen LogP contribution in [0.25, 0.3) is 0 Å². The first-order valence-electron chi connectivity index (χ1n) is 5.44. The summed E-state index contributed by atoms with van der Waals surface area (Å²) >= 11 is 0. The summed E-state index contributed by atoms with van der Waals surface area (Å²) < 4.78 is 0. The topological polar surface area (TPSA) is 32.3 Å². The van der Waals surface area contributed by atoms with Gasteiger partial charge in [-0.3, -0.25) is 0 Å². The van der Waals surface area contributed by atoms with Gasteiger partial charge in [0.15, 0.2) is 0 Å². The second kappa shape index (κ2) is 4.63. The fourth-order valence-corrected chi connectivity index (χ4v) is 1.48. The summed E-state index contributed by atoms with van der Waals surface area (Å²) in [5.74, 6) is 0. The molecule has 2 nitrogen and oxygen atoms in total. The lowest BCUT2D eigenvalue weighted by molar-refractivity contribution is 0.0339. The molecule has 0 fully saturated rings. The standard InChI is InChI=1S/C12H27NO/c1-11(2,3)9(13-7)8-10(14)12(4,5)6/h9-10,13-14H,8H2,1-7H3. The van der Waals surface area contributed by atoms with Crippen molar-refractivity contribution in [2.75, 3.05) is 7.05 Å². The Hall–Kier alpha value is -0.0800. The van der Waals surface area contributed by atoms with Crippen molar-refractivity contribution in [2.24, 2.45) is 10.8 Å². The van der Waals surface area contributed by atoms with Gasteiger partial charge in [0, 0.05) is 6.04 Å². The van der Waals surface area contributed by atoms with E-state index in [2.05, 4.69) is 46.9 Å². The van der Waals surface area contributed by atoms with Crippen LogP contribution in [0, 0.1) is 10.8 Å². The predicted octanol–water partition coefficient (Wildman–Crippen LogP) is 2.42. The van der Waals surface area contributed by atoms with Gasteiger partial charge in [-0.05, 0) is 24.3 Å². The molecule has 2 heteroatoms. The molecule has 0 spiro atoms. The number of aliphatic hydroxyl groups excluding tert-OH is 1. The lowest BCUT2D eigenvalue weighted by atomic mass is 9.78. The molecular formula is C12H27NO. The molecule has 0 aliphatic carbocycles. The van der Waals surface area contributed by atoms with Gasteiger partial charge in [0.2, 0.25) is 0 Å². The molecule has 0 saturated heterocycles. The van der Waals surface area contributed by atoms with E-state index in [-0.39, 0.29) is 16.9 Å². The maximum atomic E-state index is 10.0. The second-order valence-electron chi connectivity index (χ2n) is 6.32. The molecule has 0 aromatic heterocycles. The third-order valence-electron chi connectivity index (χ3n) is 2.85. The molecule has 0 rings (SSSR count). The Kier molecular flexibility index (Phi) is 4.60. The third-order valence-corrected chi connectivity index (χ3v) is 2.85. The van der Waals surface area contributed by atoms with Gasteiger partial charge in [0.05, 0.1) is 6.10 Å². The molecule has 14 heavy (non-hydrogen) atoms. The summed E-state index contributed by atoms with van der Waals surface area (Å²) in [5.41, 5.74) is 0.168. The summed E-state index contributed by atoms with van der Waals surface area (Å²) in [6.07, 6.45) is 0.558. The Bertz CT molecular complexity index is 164. The van der Waals surface area contributed by atoms with Crippen molar-refractivity contribution < 1.29 is 5.11 Å². The van der Waals surface area contributed by atoms with Crippen LogP contribution in [-0.2, 0) is 0 Å². The first-order valence-corrected chi connectivity index (χ1v) is 5.44. The number of aliphatic hydroxyl groups is 1. The Balaban J connectivity index is 4.34. The summed E-state index contributed by atoms with van der Waals surface area (Å²) in [6.45, 7) is 12.8. The molecule has 86 valence electrons. The highest BCUT2D eigenvalue weighted by Crippen LogP contribution is 2.28. The SMILES string of the molecule is CNC(CC(O)C(C)(C)C)C(C)(C)C. The zero-order valence-corrected chi connectivity index (χ0v) is 10.8. The van der Waals surface area contributed by atoms with E-state index < -0.39 is 0 Å². The minimum Gasteiger partial charge on any atom is -0.393 e. The van der Waals surface area contributed by atoms with E-state index in [1.807, 2.05) is 7.05 Å². The predicted molar refractivity (Wildman–Crippen MR) is 62.4 cm³/mol. The fourth-order valence-electron chi connectivity index (χ4n) is 1.48. The minimum atomic E-state index is -0.251. The summed E-state index contributed by atoms with van der Waals surface area (Å²) in [5, 5.41) is 13.3. The van der Waals surface area contributed by atoms with Crippen LogP contribution in [0.2, 0.25) is 0 Å². The number of nitrogens with one attached hydrogen (secondary N) is 1. The second-order valence-corrected chi connectivity index (χ2v) is 6.32. The van der Waals surface area contributed by atoms with Crippen molar-refractivity contribution in [3.05, 3.63) is 0 Å². The molecule has 0 aliphatic rings. The molecule has 0 aromatic carbocycles. The van der Waals surface area contributed by atoms with Crippen LogP contribution in [0.3, 0.4) is 0 Å². The Labute approximate surface area is 89.1 Å². The Morgan fingerprint density at radius 1 is 1.00 bits per heavy atom. The highest BCUT2D eigenvalue weighted by Gasteiger charge is 2.30. The van der Waals surface area contributed by atoms with E-state index >= 15 is 0 Å². The molecule has 0 aromatic rings. The largest absolute Gasteiger partial charge is 0.393 e. The van der Waals surface area contributed by atoms with Crippen molar-refractivity contribution in [2.45, 2.75) is 60.1 Å². The summed E-state index contributed by atoms with van der Waals surface area (Å²) in [4.78, 5) is 0. The molecular weight excluding hydrogens is 174 g/mol. The van der Waals surface area contributed by atoms with Crippen LogP contribution >= 0.6 is 0 Å². The Morgan fingerprint density at radius 2 is 1.43 bits per heavy atom. The molecule has 0 bridgehead atoms. The molecule has 2 N–H and O–H groups in total. The van der Waals surface area contributed by atoms with Crippen molar-refractivity contribution >= 4 is 0 Å². The van der Waals surface area contributed by atoms with E-state index in [4.69, 9.17) is 0 Å². The molecule has 2 unspecified atom stereocenters. The van der Waals surface area contributed by atoms with Gasteiger partial charge in [-0.15, -0.1) is 0 Å². The zero-order valence-electron chi connectivity index (χ0n) is 10.8. The monoisotopic (exact) mass is 201 g/mol. The lowest BCUT2D eigenvalue weighted by Crippen LogP contribution is -2.43. The van der Waals surface area contributed by atoms with Crippen LogP contribution in [0.1, 0.15) is 48.0 Å². The number of rotatable bonds is 3. The zero-order chi connectivity index (χ0) is 11.6. The minimum absolute atomic E-state index is 0.0274. The Morgan fingerprint density at radius 3 is 1.64 bits per heavy atom. The van der Waals surface area contributed by atoms with Crippen molar-refractivity contribution in [3.8, 4) is 0 Å². The van der Waals surface area contributed by atoms with Gasteiger partial charge < -0.3 is 10.4 Å².